The summed E-state index contributed by atoms with van der Waals surface area (Å²) < 4.78 is 63.3. The Morgan fingerprint density at radius 3 is 2.57 bits per heavy atom. The quantitative estimate of drug-likeness (QED) is 0.171. The van der Waals surface area contributed by atoms with Crippen molar-refractivity contribution in [3.05, 3.63) is 101 Å². The van der Waals surface area contributed by atoms with E-state index in [9.17, 15) is 22.4 Å². The summed E-state index contributed by atoms with van der Waals surface area (Å²) in [6.07, 6.45) is 4.78. The molecule has 0 saturated carbocycles. The Morgan fingerprint density at radius 2 is 1.76 bits per heavy atom. The molecule has 5 aromatic rings. The molecule has 0 fully saturated rings. The van der Waals surface area contributed by atoms with Crippen molar-refractivity contribution >= 4 is 17.2 Å². The van der Waals surface area contributed by atoms with Crippen LogP contribution in [-0.4, -0.2) is 21.2 Å². The van der Waals surface area contributed by atoms with Gasteiger partial charge in [-0.2, -0.15) is 0 Å². The molecule has 0 amide bonds. The number of fused-ring (bicyclic) bond motifs is 1. The fraction of sp³-hybridized carbons (Fsp3) is 0.143. The van der Waals surface area contributed by atoms with E-state index >= 15 is 0 Å². The zero-order valence-corrected chi connectivity index (χ0v) is 18.7. The van der Waals surface area contributed by atoms with Crippen molar-refractivity contribution in [3.8, 4) is 22.9 Å². The molecule has 2 aromatic heterocycles. The summed E-state index contributed by atoms with van der Waals surface area (Å²) in [5.74, 6) is -3.23. The number of carbonyl (C=O) groups is 1. The topological polar surface area (TPSA) is 70.8 Å². The number of aldehydes is 1. The highest BCUT2D eigenvalue weighted by Crippen LogP contribution is 2.34. The van der Waals surface area contributed by atoms with Crippen LogP contribution < -0.4 is 4.74 Å². The Balaban J connectivity index is 0.00000320. The third-order valence-electron chi connectivity index (χ3n) is 5.71. The van der Waals surface area contributed by atoms with Gasteiger partial charge in [0, 0.05) is 42.4 Å². The lowest BCUT2D eigenvalue weighted by Gasteiger charge is -2.10. The SMILES string of the molecule is C.O=CCCc1cc(F)cc(Cc2cnc(-c3cc(Oc4c(F)cc5[nH]ccc5c4F)ccc3F)[nH]2)c1. The van der Waals surface area contributed by atoms with Crippen LogP contribution in [0.15, 0.2) is 60.9 Å². The molecule has 0 aliphatic carbocycles. The number of hydrogen-bond acceptors (Lipinski definition) is 3. The van der Waals surface area contributed by atoms with Crippen LogP contribution in [0.1, 0.15) is 30.7 Å². The first-order valence-electron chi connectivity index (χ1n) is 11.1. The molecule has 0 radical (unpaired) electrons. The van der Waals surface area contributed by atoms with Gasteiger partial charge in [0.05, 0.1) is 11.1 Å². The van der Waals surface area contributed by atoms with Crippen molar-refractivity contribution in [1.82, 2.24) is 15.0 Å². The molecule has 0 bridgehead atoms. The maximum absolute atomic E-state index is 14.8. The van der Waals surface area contributed by atoms with Gasteiger partial charge in [0.15, 0.2) is 17.4 Å². The van der Waals surface area contributed by atoms with Gasteiger partial charge in [0.2, 0.25) is 0 Å². The van der Waals surface area contributed by atoms with E-state index in [4.69, 9.17) is 4.74 Å². The Kier molecular flexibility index (Phi) is 7.42. The second kappa shape index (κ2) is 10.7. The van der Waals surface area contributed by atoms with Crippen molar-refractivity contribution in [1.29, 1.82) is 0 Å². The Labute approximate surface area is 210 Å². The number of ether oxygens (including phenoxy) is 1. The van der Waals surface area contributed by atoms with E-state index in [0.29, 0.717) is 36.1 Å². The van der Waals surface area contributed by atoms with Gasteiger partial charge in [-0.3, -0.25) is 0 Å². The predicted molar refractivity (Wildman–Crippen MR) is 133 cm³/mol. The normalized spacial score (nSPS) is 10.9. The molecule has 0 saturated heterocycles. The number of aromatic amines is 2. The zero-order chi connectivity index (χ0) is 25.2. The van der Waals surface area contributed by atoms with E-state index in [0.717, 1.165) is 18.4 Å². The highest BCUT2D eigenvalue weighted by atomic mass is 19.1. The van der Waals surface area contributed by atoms with Crippen LogP contribution in [0, 0.1) is 23.3 Å². The van der Waals surface area contributed by atoms with E-state index in [1.54, 1.807) is 6.07 Å². The average molecular weight is 510 g/mol. The molecule has 0 unspecified atom stereocenters. The molecule has 5 nitrogen and oxygen atoms in total. The van der Waals surface area contributed by atoms with E-state index in [1.165, 1.54) is 42.7 Å². The summed E-state index contributed by atoms with van der Waals surface area (Å²) in [7, 11) is 0. The Hall–Kier alpha value is -4.40. The molecular weight excluding hydrogens is 486 g/mol. The number of carbonyl (C=O) groups excluding carboxylic acids is 1. The van der Waals surface area contributed by atoms with E-state index in [1.807, 2.05) is 0 Å². The minimum atomic E-state index is -0.906. The number of halogens is 4. The molecule has 2 heterocycles. The monoisotopic (exact) mass is 509 g/mol. The minimum Gasteiger partial charge on any atom is -0.451 e. The standard InChI is InChI=1S/C27H19F4N3O2.CH4/c28-17-9-15(2-1-7-35)8-16(10-17)11-18-14-33-27(34-18)21-12-19(3-4-22(21)29)36-26-23(30)13-24-20(25(26)31)5-6-32-24;/h3-10,12-14,32H,1-2,11H2,(H,33,34);1H4. The summed E-state index contributed by atoms with van der Waals surface area (Å²) in [4.78, 5) is 20.6. The molecule has 2 N–H and O–H groups in total. The van der Waals surface area contributed by atoms with Crippen molar-refractivity contribution in [2.45, 2.75) is 26.7 Å². The molecular formula is C28H23F4N3O2. The van der Waals surface area contributed by atoms with Crippen LogP contribution in [0.5, 0.6) is 11.5 Å². The smallest absolute Gasteiger partial charge is 0.199 e. The number of benzene rings is 3. The molecule has 0 aliphatic rings. The van der Waals surface area contributed by atoms with Crippen LogP contribution >= 0.6 is 0 Å². The summed E-state index contributed by atoms with van der Waals surface area (Å²) in [5.41, 5.74) is 2.28. The predicted octanol–water partition coefficient (Wildman–Crippen LogP) is 7.27. The fourth-order valence-electron chi connectivity index (χ4n) is 4.07. The lowest BCUT2D eigenvalue weighted by molar-refractivity contribution is -0.107. The van der Waals surface area contributed by atoms with Crippen LogP contribution in [0.4, 0.5) is 17.6 Å². The van der Waals surface area contributed by atoms with Gasteiger partial charge < -0.3 is 19.5 Å². The summed E-state index contributed by atoms with van der Waals surface area (Å²) >= 11 is 0. The molecule has 9 heteroatoms. The van der Waals surface area contributed by atoms with Gasteiger partial charge in [-0.1, -0.05) is 13.5 Å². The lowest BCUT2D eigenvalue weighted by atomic mass is 10.0. The van der Waals surface area contributed by atoms with Gasteiger partial charge in [-0.25, -0.2) is 22.5 Å². The average Bonchev–Trinajstić information content (AvgIpc) is 3.51. The molecule has 0 atom stereocenters. The largest absolute Gasteiger partial charge is 0.451 e. The summed E-state index contributed by atoms with van der Waals surface area (Å²) in [6.45, 7) is 0. The number of nitrogens with zero attached hydrogens (tertiary/aromatic N) is 1. The highest BCUT2D eigenvalue weighted by Gasteiger charge is 2.18. The van der Waals surface area contributed by atoms with E-state index in [2.05, 4.69) is 15.0 Å². The second-order valence-corrected chi connectivity index (χ2v) is 8.29. The molecule has 0 aliphatic heterocycles. The Morgan fingerprint density at radius 1 is 0.946 bits per heavy atom. The van der Waals surface area contributed by atoms with Crippen molar-refractivity contribution in [3.63, 3.8) is 0 Å². The van der Waals surface area contributed by atoms with Gasteiger partial charge in [-0.15, -0.1) is 0 Å². The number of H-pyrrole nitrogens is 2. The molecule has 5 rings (SSSR count). The van der Waals surface area contributed by atoms with Crippen molar-refractivity contribution in [2.24, 2.45) is 0 Å². The molecule has 0 spiro atoms. The first-order chi connectivity index (χ1) is 17.4. The van der Waals surface area contributed by atoms with Crippen LogP contribution in [0.2, 0.25) is 0 Å². The number of aryl methyl sites for hydroxylation is 1. The fourth-order valence-corrected chi connectivity index (χ4v) is 4.07. The zero-order valence-electron chi connectivity index (χ0n) is 18.7. The minimum absolute atomic E-state index is 0. The van der Waals surface area contributed by atoms with Gasteiger partial charge in [0.1, 0.15) is 29.5 Å². The summed E-state index contributed by atoms with van der Waals surface area (Å²) in [5, 5.41) is 0.163. The number of rotatable bonds is 8. The third kappa shape index (κ3) is 5.40. The second-order valence-electron chi connectivity index (χ2n) is 8.29. The van der Waals surface area contributed by atoms with Crippen molar-refractivity contribution in [2.75, 3.05) is 0 Å². The molecule has 37 heavy (non-hydrogen) atoms. The van der Waals surface area contributed by atoms with E-state index < -0.39 is 29.0 Å². The van der Waals surface area contributed by atoms with E-state index in [-0.39, 0.29) is 35.5 Å². The first-order valence-corrected chi connectivity index (χ1v) is 11.1. The van der Waals surface area contributed by atoms with Crippen LogP contribution in [0.25, 0.3) is 22.3 Å². The molecule has 3 aromatic carbocycles. The van der Waals surface area contributed by atoms with Gasteiger partial charge in [0.25, 0.3) is 0 Å². The van der Waals surface area contributed by atoms with Crippen molar-refractivity contribution < 1.29 is 27.1 Å². The third-order valence-corrected chi connectivity index (χ3v) is 5.71. The Bertz CT molecular complexity index is 1580. The number of nitrogens with one attached hydrogen (secondary N) is 2. The van der Waals surface area contributed by atoms with Crippen LogP contribution in [-0.2, 0) is 17.6 Å². The lowest BCUT2D eigenvalue weighted by Crippen LogP contribution is -1.96. The highest BCUT2D eigenvalue weighted by molar-refractivity contribution is 5.82. The maximum atomic E-state index is 14.8. The van der Waals surface area contributed by atoms with Gasteiger partial charge in [-0.05, 0) is 53.9 Å². The van der Waals surface area contributed by atoms with Crippen LogP contribution in [0.3, 0.4) is 0 Å². The number of imidazole rings is 1. The first kappa shape index (κ1) is 25.7. The molecule has 190 valence electrons. The number of aromatic nitrogens is 3. The summed E-state index contributed by atoms with van der Waals surface area (Å²) in [6, 6.07) is 10.8. The maximum Gasteiger partial charge on any atom is 0.199 e. The van der Waals surface area contributed by atoms with Gasteiger partial charge >= 0.3 is 0 Å². The number of hydrogen-bond donors (Lipinski definition) is 2.